The summed E-state index contributed by atoms with van der Waals surface area (Å²) in [5.74, 6) is 1.19. The smallest absolute Gasteiger partial charge is 0.247 e. The van der Waals surface area contributed by atoms with Gasteiger partial charge in [0.05, 0.1) is 13.1 Å². The monoisotopic (exact) mass is 284 g/mol. The van der Waals surface area contributed by atoms with E-state index in [9.17, 15) is 9.59 Å². The number of carbonyl (C=O) groups excluding carboxylic acids is 2. The minimum Gasteiger partial charge on any atom is -0.464 e. The third-order valence-corrected chi connectivity index (χ3v) is 3.53. The van der Waals surface area contributed by atoms with Crippen LogP contribution in [0.25, 0.3) is 0 Å². The molecular weight excluding hydrogens is 268 g/mol. The van der Waals surface area contributed by atoms with Crippen LogP contribution in [0.2, 0.25) is 0 Å². The first-order valence-corrected chi connectivity index (χ1v) is 6.82. The van der Waals surface area contributed by atoms with Crippen molar-refractivity contribution < 1.29 is 14.0 Å². The molecule has 1 aromatic carbocycles. The van der Waals surface area contributed by atoms with Crippen LogP contribution in [-0.4, -0.2) is 23.3 Å². The van der Waals surface area contributed by atoms with Crippen LogP contribution in [-0.2, 0) is 16.1 Å². The van der Waals surface area contributed by atoms with Gasteiger partial charge in [-0.15, -0.1) is 0 Å². The van der Waals surface area contributed by atoms with Gasteiger partial charge in [-0.2, -0.15) is 0 Å². The van der Waals surface area contributed by atoms with E-state index in [2.05, 4.69) is 5.32 Å². The summed E-state index contributed by atoms with van der Waals surface area (Å²) in [6.07, 6.45) is 0. The summed E-state index contributed by atoms with van der Waals surface area (Å²) >= 11 is 0. The summed E-state index contributed by atoms with van der Waals surface area (Å²) in [7, 11) is 0. The van der Waals surface area contributed by atoms with E-state index in [1.54, 1.807) is 4.90 Å². The number of hydrogen-bond donors (Lipinski definition) is 1. The van der Waals surface area contributed by atoms with Crippen LogP contribution >= 0.6 is 0 Å². The van der Waals surface area contributed by atoms with Crippen molar-refractivity contribution in [1.29, 1.82) is 0 Å². The molecule has 0 spiro atoms. The summed E-state index contributed by atoms with van der Waals surface area (Å²) < 4.78 is 5.53. The molecule has 5 heteroatoms. The molecule has 1 N–H and O–H groups in total. The first kappa shape index (κ1) is 13.4. The van der Waals surface area contributed by atoms with E-state index < -0.39 is 6.04 Å². The molecule has 1 saturated heterocycles. The van der Waals surface area contributed by atoms with Crippen LogP contribution in [0.1, 0.15) is 23.1 Å². The summed E-state index contributed by atoms with van der Waals surface area (Å²) in [5, 5.41) is 2.64. The van der Waals surface area contributed by atoms with Crippen molar-refractivity contribution in [2.24, 2.45) is 0 Å². The largest absolute Gasteiger partial charge is 0.464 e. The van der Waals surface area contributed by atoms with Crippen molar-refractivity contribution in [2.75, 3.05) is 6.54 Å². The number of furan rings is 1. The van der Waals surface area contributed by atoms with Gasteiger partial charge in [0.25, 0.3) is 0 Å². The average molecular weight is 284 g/mol. The van der Waals surface area contributed by atoms with Crippen LogP contribution in [0, 0.1) is 6.92 Å². The zero-order chi connectivity index (χ0) is 14.8. The molecule has 1 fully saturated rings. The van der Waals surface area contributed by atoms with Crippen molar-refractivity contribution in [1.82, 2.24) is 10.2 Å². The Hall–Kier alpha value is -2.56. The molecule has 1 aromatic heterocycles. The van der Waals surface area contributed by atoms with Gasteiger partial charge in [-0.05, 0) is 24.6 Å². The summed E-state index contributed by atoms with van der Waals surface area (Å²) in [5.41, 5.74) is 0.798. The molecule has 1 aliphatic rings. The van der Waals surface area contributed by atoms with E-state index in [1.165, 1.54) is 0 Å². The third-order valence-electron chi connectivity index (χ3n) is 3.53. The summed E-state index contributed by atoms with van der Waals surface area (Å²) in [4.78, 5) is 26.0. The highest BCUT2D eigenvalue weighted by Crippen LogP contribution is 2.26. The number of benzene rings is 1. The highest BCUT2D eigenvalue weighted by molar-refractivity contribution is 5.95. The minimum absolute atomic E-state index is 0.0296. The molecule has 21 heavy (non-hydrogen) atoms. The molecule has 3 rings (SSSR count). The van der Waals surface area contributed by atoms with Crippen molar-refractivity contribution in [3.05, 3.63) is 59.5 Å². The molecule has 0 aliphatic carbocycles. The molecular formula is C16H16N2O3. The van der Waals surface area contributed by atoms with Crippen molar-refractivity contribution >= 4 is 11.8 Å². The maximum atomic E-state index is 12.2. The lowest BCUT2D eigenvalue weighted by Gasteiger charge is -2.34. The van der Waals surface area contributed by atoms with Gasteiger partial charge in [-0.3, -0.25) is 9.59 Å². The van der Waals surface area contributed by atoms with Gasteiger partial charge < -0.3 is 14.6 Å². The molecule has 5 nitrogen and oxygen atoms in total. The topological polar surface area (TPSA) is 62.6 Å². The van der Waals surface area contributed by atoms with Crippen molar-refractivity contribution in [3.8, 4) is 0 Å². The number of rotatable bonds is 3. The number of piperazine rings is 1. The Balaban J connectivity index is 1.92. The number of aryl methyl sites for hydroxylation is 1. The number of amides is 2. The standard InChI is InChI=1S/C16H16N2O3/c1-11-7-8-13(21-11)10-18-14(19)9-17-16(20)15(18)12-5-3-2-4-6-12/h2-8,15H,9-10H2,1H3,(H,17,20). The zero-order valence-electron chi connectivity index (χ0n) is 11.7. The van der Waals surface area contributed by atoms with E-state index in [0.717, 1.165) is 11.3 Å². The highest BCUT2D eigenvalue weighted by atomic mass is 16.3. The van der Waals surface area contributed by atoms with Crippen LogP contribution < -0.4 is 5.32 Å². The van der Waals surface area contributed by atoms with Crippen LogP contribution in [0.15, 0.2) is 46.9 Å². The number of hydrogen-bond acceptors (Lipinski definition) is 3. The maximum Gasteiger partial charge on any atom is 0.247 e. The fourth-order valence-electron chi connectivity index (χ4n) is 2.53. The van der Waals surface area contributed by atoms with Gasteiger partial charge in [0.1, 0.15) is 17.6 Å². The van der Waals surface area contributed by atoms with Gasteiger partial charge in [0, 0.05) is 0 Å². The Kier molecular flexibility index (Phi) is 3.48. The summed E-state index contributed by atoms with van der Waals surface area (Å²) in [6, 6.07) is 12.4. The Morgan fingerprint density at radius 2 is 1.95 bits per heavy atom. The van der Waals surface area contributed by atoms with Gasteiger partial charge in [-0.1, -0.05) is 30.3 Å². The van der Waals surface area contributed by atoms with Gasteiger partial charge >= 0.3 is 0 Å². The Labute approximate surface area is 122 Å². The van der Waals surface area contributed by atoms with Crippen LogP contribution in [0.4, 0.5) is 0 Å². The molecule has 2 heterocycles. The van der Waals surface area contributed by atoms with Crippen LogP contribution in [0.5, 0.6) is 0 Å². The van der Waals surface area contributed by atoms with E-state index in [0.29, 0.717) is 12.3 Å². The summed E-state index contributed by atoms with van der Waals surface area (Å²) in [6.45, 7) is 2.17. The van der Waals surface area contributed by atoms with Crippen molar-refractivity contribution in [2.45, 2.75) is 19.5 Å². The molecule has 2 aromatic rings. The normalized spacial score (nSPS) is 18.7. The predicted molar refractivity (Wildman–Crippen MR) is 76.2 cm³/mol. The Morgan fingerprint density at radius 1 is 1.19 bits per heavy atom. The molecule has 1 atom stereocenters. The minimum atomic E-state index is -0.613. The fraction of sp³-hybridized carbons (Fsp3) is 0.250. The molecule has 108 valence electrons. The molecule has 0 saturated carbocycles. The Morgan fingerprint density at radius 3 is 2.62 bits per heavy atom. The van der Waals surface area contributed by atoms with E-state index in [4.69, 9.17) is 4.42 Å². The molecule has 1 aliphatic heterocycles. The lowest BCUT2D eigenvalue weighted by Crippen LogP contribution is -2.53. The van der Waals surface area contributed by atoms with Gasteiger partial charge in [0.15, 0.2) is 0 Å². The van der Waals surface area contributed by atoms with Gasteiger partial charge in [-0.25, -0.2) is 0 Å². The maximum absolute atomic E-state index is 12.2. The average Bonchev–Trinajstić information content (AvgIpc) is 2.89. The Bertz CT molecular complexity index is 663. The quantitative estimate of drug-likeness (QED) is 0.934. The predicted octanol–water partition coefficient (Wildman–Crippen LogP) is 1.79. The second-order valence-corrected chi connectivity index (χ2v) is 5.07. The van der Waals surface area contributed by atoms with Crippen molar-refractivity contribution in [3.63, 3.8) is 0 Å². The van der Waals surface area contributed by atoms with E-state index >= 15 is 0 Å². The lowest BCUT2D eigenvalue weighted by molar-refractivity contribution is -0.146. The zero-order valence-corrected chi connectivity index (χ0v) is 11.7. The first-order chi connectivity index (χ1) is 10.1. The van der Waals surface area contributed by atoms with E-state index in [-0.39, 0.29) is 18.4 Å². The lowest BCUT2D eigenvalue weighted by atomic mass is 10.0. The van der Waals surface area contributed by atoms with Crippen LogP contribution in [0.3, 0.4) is 0 Å². The second kappa shape index (κ2) is 5.44. The number of nitrogens with one attached hydrogen (secondary N) is 1. The SMILES string of the molecule is Cc1ccc(CN2C(=O)CNC(=O)C2c2ccccc2)o1. The highest BCUT2D eigenvalue weighted by Gasteiger charge is 2.35. The molecule has 0 radical (unpaired) electrons. The third kappa shape index (κ3) is 2.67. The molecule has 1 unspecified atom stereocenters. The van der Waals surface area contributed by atoms with Gasteiger partial charge in [0.2, 0.25) is 11.8 Å². The first-order valence-electron chi connectivity index (χ1n) is 6.82. The fourth-order valence-corrected chi connectivity index (χ4v) is 2.53. The molecule has 2 amide bonds. The number of nitrogens with zero attached hydrogens (tertiary/aromatic N) is 1. The number of carbonyl (C=O) groups is 2. The van der Waals surface area contributed by atoms with E-state index in [1.807, 2.05) is 49.4 Å². The second-order valence-electron chi connectivity index (χ2n) is 5.07. The molecule has 0 bridgehead atoms.